The Balaban J connectivity index is 1.44. The molecular weight excluding hydrogens is 474 g/mol. The van der Waals surface area contributed by atoms with Crippen molar-refractivity contribution in [1.82, 2.24) is 24.7 Å². The minimum atomic E-state index is -0.209. The van der Waals surface area contributed by atoms with Crippen LogP contribution in [0.2, 0.25) is 0 Å². The lowest BCUT2D eigenvalue weighted by Crippen LogP contribution is -2.39. The highest BCUT2D eigenvalue weighted by atomic mass is 16.5. The summed E-state index contributed by atoms with van der Waals surface area (Å²) in [6.45, 7) is 6.25. The van der Waals surface area contributed by atoms with E-state index in [1.807, 2.05) is 6.92 Å². The molecule has 4 heterocycles. The minimum absolute atomic E-state index is 0.0103. The first-order valence-electron chi connectivity index (χ1n) is 12.1. The molecule has 1 N–H and O–H groups in total. The third kappa shape index (κ3) is 4.18. The molecule has 1 aliphatic rings. The molecule has 0 bridgehead atoms. The molecule has 0 spiro atoms. The number of likely N-dealkylation sites (tertiary alicyclic amines) is 1. The number of nitrogens with zero attached hydrogens (tertiary/aromatic N) is 4. The maximum atomic E-state index is 13.4. The predicted molar refractivity (Wildman–Crippen MR) is 137 cm³/mol. The van der Waals surface area contributed by atoms with Gasteiger partial charge in [0.05, 0.1) is 23.4 Å². The molecule has 1 fully saturated rings. The molecule has 3 amide bonds. The second-order valence-electron chi connectivity index (χ2n) is 9.35. The third-order valence-electron chi connectivity index (χ3n) is 7.13. The van der Waals surface area contributed by atoms with Crippen LogP contribution in [0, 0.1) is 13.8 Å². The number of carbonyl (C=O) groups is 3. The molecule has 0 aliphatic carbocycles. The molecule has 3 aromatic heterocycles. The zero-order valence-corrected chi connectivity index (χ0v) is 21.5. The number of furan rings is 1. The van der Waals surface area contributed by atoms with Crippen molar-refractivity contribution >= 4 is 34.2 Å². The van der Waals surface area contributed by atoms with Gasteiger partial charge in [-0.15, -0.1) is 0 Å². The summed E-state index contributed by atoms with van der Waals surface area (Å²) in [5, 5.41) is 7.73. The van der Waals surface area contributed by atoms with Crippen LogP contribution in [-0.2, 0) is 4.79 Å². The summed E-state index contributed by atoms with van der Waals surface area (Å²) in [6.07, 6.45) is 4.08. The summed E-state index contributed by atoms with van der Waals surface area (Å²) < 4.78 is 13.7. The molecule has 0 radical (unpaired) electrons. The maximum Gasteiger partial charge on any atom is 0.255 e. The third-order valence-corrected chi connectivity index (χ3v) is 7.13. The first-order chi connectivity index (χ1) is 17.7. The van der Waals surface area contributed by atoms with Gasteiger partial charge in [-0.3, -0.25) is 14.4 Å². The van der Waals surface area contributed by atoms with Crippen LogP contribution >= 0.6 is 0 Å². The molecule has 1 aromatic carbocycles. The van der Waals surface area contributed by atoms with Crippen LogP contribution in [0.3, 0.4) is 0 Å². The quantitative estimate of drug-likeness (QED) is 0.446. The fourth-order valence-corrected chi connectivity index (χ4v) is 4.99. The lowest BCUT2D eigenvalue weighted by molar-refractivity contribution is -0.129. The molecule has 192 valence electrons. The highest BCUT2D eigenvalue weighted by molar-refractivity contribution is 6.07. The van der Waals surface area contributed by atoms with Gasteiger partial charge >= 0.3 is 0 Å². The molecule has 37 heavy (non-hydrogen) atoms. The molecule has 10 nitrogen and oxygen atoms in total. The van der Waals surface area contributed by atoms with Gasteiger partial charge in [-0.25, -0.2) is 4.52 Å². The summed E-state index contributed by atoms with van der Waals surface area (Å²) in [6, 6.07) is 7.08. The predicted octanol–water partition coefficient (Wildman–Crippen LogP) is 3.54. The second-order valence-corrected chi connectivity index (χ2v) is 9.35. The summed E-state index contributed by atoms with van der Waals surface area (Å²) >= 11 is 0. The Kier molecular flexibility index (Phi) is 6.10. The van der Waals surface area contributed by atoms with Crippen molar-refractivity contribution in [3.05, 3.63) is 59.1 Å². The van der Waals surface area contributed by atoms with Crippen molar-refractivity contribution in [2.75, 3.05) is 27.2 Å². The van der Waals surface area contributed by atoms with Crippen molar-refractivity contribution in [3.63, 3.8) is 0 Å². The Morgan fingerprint density at radius 2 is 2.00 bits per heavy atom. The Morgan fingerprint density at radius 3 is 2.73 bits per heavy atom. The fraction of sp³-hybridized carbons (Fsp3) is 0.333. The van der Waals surface area contributed by atoms with Crippen molar-refractivity contribution in [2.24, 2.45) is 0 Å². The zero-order chi connectivity index (χ0) is 26.4. The highest BCUT2D eigenvalue weighted by Gasteiger charge is 2.32. The van der Waals surface area contributed by atoms with Gasteiger partial charge in [0.2, 0.25) is 5.91 Å². The van der Waals surface area contributed by atoms with Crippen LogP contribution in [0.5, 0.6) is 11.5 Å². The normalized spacial score (nSPS) is 15.4. The molecule has 1 aliphatic heterocycles. The number of fused-ring (bicyclic) bond motifs is 2. The van der Waals surface area contributed by atoms with Crippen LogP contribution in [-0.4, -0.2) is 70.4 Å². The number of hydrogen-bond acceptors (Lipinski definition) is 6. The first kappa shape index (κ1) is 24.4. The zero-order valence-electron chi connectivity index (χ0n) is 21.5. The highest BCUT2D eigenvalue weighted by Crippen LogP contribution is 2.34. The Bertz CT molecular complexity index is 1550. The number of nitrogens with one attached hydrogen (secondary N) is 1. The monoisotopic (exact) mass is 503 g/mol. The van der Waals surface area contributed by atoms with Gasteiger partial charge in [0.15, 0.2) is 5.75 Å². The molecule has 0 unspecified atom stereocenters. The summed E-state index contributed by atoms with van der Waals surface area (Å²) in [4.78, 5) is 40.9. The largest absolute Gasteiger partial charge is 0.460 e. The lowest BCUT2D eigenvalue weighted by Gasteiger charge is -2.23. The second kappa shape index (κ2) is 9.27. The lowest BCUT2D eigenvalue weighted by atomic mass is 10.1. The average molecular weight is 504 g/mol. The van der Waals surface area contributed by atoms with E-state index in [0.717, 1.165) is 12.0 Å². The van der Waals surface area contributed by atoms with Crippen LogP contribution in [0.4, 0.5) is 0 Å². The van der Waals surface area contributed by atoms with Gasteiger partial charge < -0.3 is 24.3 Å². The van der Waals surface area contributed by atoms with E-state index >= 15 is 0 Å². The number of amides is 3. The number of rotatable bonds is 5. The van der Waals surface area contributed by atoms with E-state index in [-0.39, 0.29) is 23.8 Å². The molecule has 1 saturated heterocycles. The van der Waals surface area contributed by atoms with Gasteiger partial charge in [0.25, 0.3) is 11.8 Å². The van der Waals surface area contributed by atoms with Gasteiger partial charge in [-0.1, -0.05) is 0 Å². The van der Waals surface area contributed by atoms with Gasteiger partial charge in [0.1, 0.15) is 22.6 Å². The molecule has 1 atom stereocenters. The molecule has 10 heteroatoms. The standard InChI is InChI=1S/C27H29N5O5/c1-15-21(27(35)31-11-9-18(13-31)30(5)17(3)33)14-32-25(15)22(8-10-29-32)37-19-6-7-20-23(12-19)36-16(2)24(20)26(34)28-4/h6-8,10,12,14,18H,9,11,13H2,1-5H3,(H,28,34)/t18-/m1/s1. The number of aryl methyl sites for hydroxylation is 2. The Labute approximate surface area is 213 Å². The van der Waals surface area contributed by atoms with E-state index in [9.17, 15) is 14.4 Å². The van der Waals surface area contributed by atoms with Crippen LogP contribution in [0.1, 0.15) is 45.4 Å². The topological polar surface area (TPSA) is 109 Å². The van der Waals surface area contributed by atoms with Gasteiger partial charge in [-0.2, -0.15) is 5.10 Å². The fourth-order valence-electron chi connectivity index (χ4n) is 4.99. The average Bonchev–Trinajstić information content (AvgIpc) is 3.58. The Hall–Kier alpha value is -4.34. The van der Waals surface area contributed by atoms with E-state index in [1.165, 1.54) is 6.92 Å². The molecule has 0 saturated carbocycles. The summed E-state index contributed by atoms with van der Waals surface area (Å²) in [7, 11) is 3.35. The number of hydrogen-bond donors (Lipinski definition) is 1. The molecular formula is C27H29N5O5. The van der Waals surface area contributed by atoms with E-state index in [0.29, 0.717) is 58.0 Å². The van der Waals surface area contributed by atoms with Crippen LogP contribution < -0.4 is 10.1 Å². The smallest absolute Gasteiger partial charge is 0.255 e. The molecule has 4 aromatic rings. The van der Waals surface area contributed by atoms with Crippen LogP contribution in [0.15, 0.2) is 41.1 Å². The SMILES string of the molecule is CNC(=O)c1c(C)oc2cc(Oc3ccnn4cc(C(=O)N5CC[C@@H](N(C)C(C)=O)C5)c(C)c34)ccc12. The number of ether oxygens (including phenoxy) is 1. The number of likely N-dealkylation sites (N-methyl/N-ethyl adjacent to an activating group) is 1. The van der Waals surface area contributed by atoms with Crippen molar-refractivity contribution in [3.8, 4) is 11.5 Å². The van der Waals surface area contributed by atoms with E-state index in [4.69, 9.17) is 9.15 Å². The van der Waals surface area contributed by atoms with Crippen molar-refractivity contribution < 1.29 is 23.5 Å². The first-order valence-corrected chi connectivity index (χ1v) is 12.1. The molecule has 5 rings (SSSR count). The van der Waals surface area contributed by atoms with E-state index in [1.54, 1.807) is 72.0 Å². The van der Waals surface area contributed by atoms with E-state index in [2.05, 4.69) is 10.4 Å². The van der Waals surface area contributed by atoms with Crippen molar-refractivity contribution in [2.45, 2.75) is 33.2 Å². The number of aromatic nitrogens is 2. The van der Waals surface area contributed by atoms with Crippen molar-refractivity contribution in [1.29, 1.82) is 0 Å². The Morgan fingerprint density at radius 1 is 1.22 bits per heavy atom. The minimum Gasteiger partial charge on any atom is -0.460 e. The summed E-state index contributed by atoms with van der Waals surface area (Å²) in [5.41, 5.74) is 3.03. The van der Waals surface area contributed by atoms with Crippen LogP contribution in [0.25, 0.3) is 16.5 Å². The number of benzene rings is 1. The summed E-state index contributed by atoms with van der Waals surface area (Å²) in [5.74, 6) is 1.28. The maximum absolute atomic E-state index is 13.4. The number of carbonyl (C=O) groups excluding carboxylic acids is 3. The van der Waals surface area contributed by atoms with E-state index < -0.39 is 0 Å². The van der Waals surface area contributed by atoms with Gasteiger partial charge in [-0.05, 0) is 38.0 Å². The van der Waals surface area contributed by atoms with Gasteiger partial charge in [0, 0.05) is 57.8 Å².